The summed E-state index contributed by atoms with van der Waals surface area (Å²) in [5, 5.41) is 0. The van der Waals surface area contributed by atoms with E-state index in [2.05, 4.69) is 4.74 Å². The van der Waals surface area contributed by atoms with E-state index in [1.54, 1.807) is 20.8 Å². The van der Waals surface area contributed by atoms with Gasteiger partial charge in [-0.05, 0) is 39.7 Å². The lowest BCUT2D eigenvalue weighted by atomic mass is 10.1. The van der Waals surface area contributed by atoms with Crippen LogP contribution in [0.25, 0.3) is 0 Å². The molecular weight excluding hydrogens is 338 g/mol. The van der Waals surface area contributed by atoms with Crippen molar-refractivity contribution in [3.8, 4) is 0 Å². The van der Waals surface area contributed by atoms with Gasteiger partial charge in [-0.2, -0.15) is 8.42 Å². The van der Waals surface area contributed by atoms with Gasteiger partial charge in [0.2, 0.25) is 0 Å². The van der Waals surface area contributed by atoms with E-state index >= 15 is 0 Å². The quantitative estimate of drug-likeness (QED) is 0.414. The van der Waals surface area contributed by atoms with E-state index in [1.165, 1.54) is 18.1 Å². The molecule has 0 bridgehead atoms. The highest BCUT2D eigenvalue weighted by Crippen LogP contribution is 2.26. The second-order valence-corrected chi connectivity index (χ2v) is 8.13. The summed E-state index contributed by atoms with van der Waals surface area (Å²) < 4.78 is 37.9. The Hall–Kier alpha value is -1.61. The van der Waals surface area contributed by atoms with Crippen LogP contribution in [0.5, 0.6) is 0 Å². The maximum absolute atomic E-state index is 12.3. The van der Waals surface area contributed by atoms with Crippen molar-refractivity contribution in [3.63, 3.8) is 0 Å². The van der Waals surface area contributed by atoms with Crippen molar-refractivity contribution in [2.24, 2.45) is 0 Å². The molecule has 0 aromatic carbocycles. The van der Waals surface area contributed by atoms with Crippen molar-refractivity contribution in [2.75, 3.05) is 19.9 Å². The van der Waals surface area contributed by atoms with Gasteiger partial charge in [0.15, 0.2) is 0 Å². The first-order valence-corrected chi connectivity index (χ1v) is 9.38. The maximum Gasteiger partial charge on any atom is 0.410 e. The molecule has 1 rings (SSSR count). The number of likely N-dealkylation sites (tertiary alicyclic amines) is 1. The van der Waals surface area contributed by atoms with Crippen molar-refractivity contribution < 1.29 is 31.7 Å². The van der Waals surface area contributed by atoms with Crippen LogP contribution in [0.1, 0.15) is 33.6 Å². The molecule has 1 aliphatic heterocycles. The molecule has 8 nitrogen and oxygen atoms in total. The van der Waals surface area contributed by atoms with Crippen molar-refractivity contribution in [1.29, 1.82) is 0 Å². The first kappa shape index (κ1) is 20.4. The van der Waals surface area contributed by atoms with Crippen LogP contribution in [-0.4, -0.2) is 63.0 Å². The lowest BCUT2D eigenvalue weighted by molar-refractivity contribution is -0.134. The summed E-state index contributed by atoms with van der Waals surface area (Å²) in [5.41, 5.74) is -0.667. The second-order valence-electron chi connectivity index (χ2n) is 6.53. The molecule has 9 heteroatoms. The normalized spacial score (nSPS) is 20.2. The Bertz CT molecular complexity index is 591. The van der Waals surface area contributed by atoms with Gasteiger partial charge in [-0.25, -0.2) is 9.59 Å². The lowest BCUT2D eigenvalue weighted by Gasteiger charge is -2.31. The molecular formula is C15H25NO7S. The number of hydrogen-bond donors (Lipinski definition) is 0. The molecule has 138 valence electrons. The van der Waals surface area contributed by atoms with Gasteiger partial charge < -0.3 is 14.4 Å². The second kappa shape index (κ2) is 7.98. The van der Waals surface area contributed by atoms with Crippen LogP contribution >= 0.6 is 0 Å². The Kier molecular flexibility index (Phi) is 6.79. The van der Waals surface area contributed by atoms with E-state index in [0.29, 0.717) is 19.4 Å². The molecule has 0 aliphatic carbocycles. The highest BCUT2D eigenvalue weighted by molar-refractivity contribution is 7.86. The number of esters is 1. The van der Waals surface area contributed by atoms with Crippen molar-refractivity contribution >= 4 is 22.2 Å². The third-order valence-corrected chi connectivity index (χ3v) is 3.79. The summed E-state index contributed by atoms with van der Waals surface area (Å²) in [5.74, 6) is -0.640. The number of rotatable bonds is 5. The predicted molar refractivity (Wildman–Crippen MR) is 86.8 cm³/mol. The molecule has 0 spiro atoms. The van der Waals surface area contributed by atoms with Crippen LogP contribution in [0, 0.1) is 0 Å². The monoisotopic (exact) mass is 363 g/mol. The molecule has 1 amide bonds. The molecule has 0 aromatic rings. The van der Waals surface area contributed by atoms with Gasteiger partial charge in [0.05, 0.1) is 19.4 Å². The fraction of sp³-hybridized carbons (Fsp3) is 0.733. The van der Waals surface area contributed by atoms with E-state index in [1.807, 2.05) is 0 Å². The van der Waals surface area contributed by atoms with Gasteiger partial charge in [0.25, 0.3) is 10.1 Å². The van der Waals surface area contributed by atoms with Crippen LogP contribution in [0.4, 0.5) is 4.79 Å². The molecule has 2 atom stereocenters. The zero-order chi connectivity index (χ0) is 18.5. The number of carbonyl (C=O) groups is 2. The number of ether oxygens (including phenoxy) is 2. The molecule has 0 aromatic heterocycles. The Morgan fingerprint density at radius 3 is 2.42 bits per heavy atom. The number of amides is 1. The third-order valence-electron chi connectivity index (χ3n) is 3.22. The summed E-state index contributed by atoms with van der Waals surface area (Å²) in [4.78, 5) is 25.0. The average Bonchev–Trinajstić information content (AvgIpc) is 2.89. The van der Waals surface area contributed by atoms with E-state index in [-0.39, 0.29) is 0 Å². The van der Waals surface area contributed by atoms with E-state index < -0.39 is 39.9 Å². The van der Waals surface area contributed by atoms with E-state index in [9.17, 15) is 18.0 Å². The fourth-order valence-electron chi connectivity index (χ4n) is 2.35. The van der Waals surface area contributed by atoms with Crippen molar-refractivity contribution in [2.45, 2.75) is 51.4 Å². The minimum atomic E-state index is -3.78. The third kappa shape index (κ3) is 6.88. The molecule has 24 heavy (non-hydrogen) atoms. The summed E-state index contributed by atoms with van der Waals surface area (Å²) >= 11 is 0. The van der Waals surface area contributed by atoms with Crippen LogP contribution < -0.4 is 0 Å². The van der Waals surface area contributed by atoms with Gasteiger partial charge >= 0.3 is 12.1 Å². The summed E-state index contributed by atoms with van der Waals surface area (Å²) in [6.45, 7) is 5.67. The summed E-state index contributed by atoms with van der Waals surface area (Å²) in [7, 11) is -2.57. The number of carbonyl (C=O) groups excluding carboxylic acids is 2. The Labute approximate surface area is 142 Å². The van der Waals surface area contributed by atoms with Gasteiger partial charge in [0, 0.05) is 12.6 Å². The lowest BCUT2D eigenvalue weighted by Crippen LogP contribution is -2.45. The summed E-state index contributed by atoms with van der Waals surface area (Å²) in [6, 6.07) is -0.546. The van der Waals surface area contributed by atoms with Crippen LogP contribution in [0.3, 0.4) is 0 Å². The topological polar surface area (TPSA) is 99.2 Å². The van der Waals surface area contributed by atoms with Gasteiger partial charge in [-0.3, -0.25) is 4.18 Å². The van der Waals surface area contributed by atoms with Gasteiger partial charge in [0.1, 0.15) is 11.7 Å². The smallest absolute Gasteiger partial charge is 0.410 e. The predicted octanol–water partition coefficient (Wildman–Crippen LogP) is 1.46. The van der Waals surface area contributed by atoms with Crippen molar-refractivity contribution in [1.82, 2.24) is 4.90 Å². The summed E-state index contributed by atoms with van der Waals surface area (Å²) in [6.07, 6.45) is 2.97. The fourth-order valence-corrected chi connectivity index (χ4v) is 2.95. The van der Waals surface area contributed by atoms with E-state index in [4.69, 9.17) is 8.92 Å². The van der Waals surface area contributed by atoms with Gasteiger partial charge in [-0.15, -0.1) is 0 Å². The Balaban J connectivity index is 2.99. The molecule has 0 radical (unpaired) electrons. The van der Waals surface area contributed by atoms with Crippen LogP contribution in [-0.2, 0) is 28.6 Å². The van der Waals surface area contributed by atoms with E-state index in [0.717, 1.165) is 12.3 Å². The van der Waals surface area contributed by atoms with Crippen LogP contribution in [0.15, 0.2) is 12.2 Å². The highest BCUT2D eigenvalue weighted by Gasteiger charge is 2.38. The molecule has 0 N–H and O–H groups in total. The van der Waals surface area contributed by atoms with Crippen molar-refractivity contribution in [3.05, 3.63) is 12.2 Å². The first-order chi connectivity index (χ1) is 10.9. The molecule has 1 heterocycles. The molecule has 1 aliphatic rings. The minimum Gasteiger partial charge on any atom is -0.466 e. The average molecular weight is 363 g/mol. The Morgan fingerprint density at radius 1 is 1.29 bits per heavy atom. The zero-order valence-electron chi connectivity index (χ0n) is 14.6. The molecule has 0 unspecified atom stereocenters. The standard InChI is InChI=1S/C15H25NO7S/c1-15(2,3)22-14(18)16-10-6-7-11(16)12(23-24(5,19)20)8-9-13(17)21-4/h8-9,11-12H,6-7,10H2,1-5H3/b9-8+/t11-,12-/m0/s1. The Morgan fingerprint density at radius 2 is 1.92 bits per heavy atom. The molecule has 0 saturated carbocycles. The van der Waals surface area contributed by atoms with Crippen LogP contribution in [0.2, 0.25) is 0 Å². The first-order valence-electron chi connectivity index (χ1n) is 7.57. The molecule has 1 saturated heterocycles. The molecule has 1 fully saturated rings. The zero-order valence-corrected chi connectivity index (χ0v) is 15.5. The maximum atomic E-state index is 12.3. The highest BCUT2D eigenvalue weighted by atomic mass is 32.2. The number of nitrogens with zero attached hydrogens (tertiary/aromatic N) is 1. The SMILES string of the molecule is COC(=O)/C=C/[C@H](OS(C)(=O)=O)[C@@H]1CCCN1C(=O)OC(C)(C)C. The van der Waals surface area contributed by atoms with Gasteiger partial charge in [-0.1, -0.05) is 0 Å². The number of hydrogen-bond acceptors (Lipinski definition) is 7. The largest absolute Gasteiger partial charge is 0.466 e. The number of methoxy groups -OCH3 is 1. The minimum absolute atomic E-state index is 0.426.